The van der Waals surface area contributed by atoms with Gasteiger partial charge in [-0.3, -0.25) is 5.10 Å². The molecule has 2 aromatic rings. The van der Waals surface area contributed by atoms with Gasteiger partial charge in [-0.05, 0) is 12.1 Å². The summed E-state index contributed by atoms with van der Waals surface area (Å²) in [5.41, 5.74) is 0.505. The number of phenols is 1. The lowest BCUT2D eigenvalue weighted by molar-refractivity contribution is -0.136. The maximum Gasteiger partial charge on any atom is 0.151 e. The molecule has 0 bridgehead atoms. The largest absolute Gasteiger partial charge is 0.507 e. The van der Waals surface area contributed by atoms with E-state index in [9.17, 15) is 4.79 Å². The first-order chi connectivity index (χ1) is 12.9. The monoisotopic (exact) mass is 386 g/mol. The van der Waals surface area contributed by atoms with E-state index in [0.717, 1.165) is 0 Å². The number of para-hydroxylation sites is 1. The first-order valence-corrected chi connectivity index (χ1v) is 7.43. The Labute approximate surface area is 153 Å². The van der Waals surface area contributed by atoms with Gasteiger partial charge in [-0.25, -0.2) is 0 Å². The zero-order valence-corrected chi connectivity index (χ0v) is 14.0. The Morgan fingerprint density at radius 2 is 1.81 bits per heavy atom. The summed E-state index contributed by atoms with van der Waals surface area (Å²) in [6, 6.07) is 6.62. The minimum atomic E-state index is -1.79. The number of aldehydes is 1. The fourth-order valence-corrected chi connectivity index (χ4v) is 1.44. The summed E-state index contributed by atoms with van der Waals surface area (Å²) < 4.78 is 0. The molecule has 1 aromatic carbocycles. The quantitative estimate of drug-likeness (QED) is 0.114. The van der Waals surface area contributed by atoms with E-state index in [2.05, 4.69) is 20.6 Å². The standard InChI is InChI=1S/C7H7NO2.C6H12O6.C2H3N3/c9-7-4-2-1-3-6(7)5-8-10;7-1-3(9)5(11)6(12)4(10)2-8;1-2-4-5-3-1/h1-5,9-10H;1,3-6,8-12H,2H2;1-2H,(H,3,4,5). The first kappa shape index (κ1) is 24.1. The Kier molecular flexibility index (Phi) is 12.8. The molecule has 2 rings (SSSR count). The minimum absolute atomic E-state index is 0.0258. The van der Waals surface area contributed by atoms with Crippen LogP contribution >= 0.6 is 0 Å². The molecule has 150 valence electrons. The molecule has 0 radical (unpaired) electrons. The van der Waals surface area contributed by atoms with Crippen molar-refractivity contribution in [3.05, 3.63) is 42.2 Å². The molecule has 8 N–H and O–H groups in total. The number of rotatable bonds is 6. The number of nitrogens with zero attached hydrogens (tertiary/aromatic N) is 3. The molecule has 0 saturated carbocycles. The molecule has 0 aliphatic heterocycles. The van der Waals surface area contributed by atoms with E-state index in [1.165, 1.54) is 12.3 Å². The van der Waals surface area contributed by atoms with Gasteiger partial charge in [0.25, 0.3) is 0 Å². The number of aromatic hydroxyl groups is 1. The Balaban J connectivity index is 0.000000403. The van der Waals surface area contributed by atoms with Crippen molar-refractivity contribution in [1.29, 1.82) is 0 Å². The van der Waals surface area contributed by atoms with Gasteiger partial charge < -0.3 is 40.6 Å². The summed E-state index contributed by atoms with van der Waals surface area (Å²) in [6.45, 7) is -0.760. The second-order valence-corrected chi connectivity index (χ2v) is 4.82. The van der Waals surface area contributed by atoms with Crippen LogP contribution in [-0.4, -0.2) is 94.8 Å². The molecule has 0 aliphatic carbocycles. The van der Waals surface area contributed by atoms with Gasteiger partial charge >= 0.3 is 0 Å². The predicted octanol–water partition coefficient (Wildman–Crippen LogP) is -2.37. The molecule has 0 aliphatic rings. The van der Waals surface area contributed by atoms with Gasteiger partial charge in [0.2, 0.25) is 0 Å². The van der Waals surface area contributed by atoms with Crippen LogP contribution in [0, 0.1) is 0 Å². The summed E-state index contributed by atoms with van der Waals surface area (Å²) in [4.78, 5) is 9.90. The minimum Gasteiger partial charge on any atom is -0.507 e. The van der Waals surface area contributed by atoms with Gasteiger partial charge in [0, 0.05) is 11.8 Å². The van der Waals surface area contributed by atoms with Crippen molar-refractivity contribution in [1.82, 2.24) is 15.4 Å². The van der Waals surface area contributed by atoms with Crippen molar-refractivity contribution in [3.8, 4) is 5.75 Å². The van der Waals surface area contributed by atoms with Crippen molar-refractivity contribution < 1.29 is 40.6 Å². The molecule has 0 amide bonds. The second kappa shape index (κ2) is 14.3. The van der Waals surface area contributed by atoms with E-state index in [1.54, 1.807) is 30.6 Å². The van der Waals surface area contributed by atoms with Crippen LogP contribution in [0.5, 0.6) is 5.75 Å². The highest BCUT2D eigenvalue weighted by atomic mass is 16.4. The van der Waals surface area contributed by atoms with Crippen LogP contribution in [0.25, 0.3) is 0 Å². The lowest BCUT2D eigenvalue weighted by Crippen LogP contribution is -2.46. The first-order valence-electron chi connectivity index (χ1n) is 7.43. The highest BCUT2D eigenvalue weighted by Crippen LogP contribution is 2.12. The number of hydrogen-bond acceptors (Lipinski definition) is 11. The number of oxime groups is 1. The highest BCUT2D eigenvalue weighted by Gasteiger charge is 2.29. The Morgan fingerprint density at radius 1 is 1.15 bits per heavy atom. The number of phenolic OH excluding ortho intramolecular Hbond substituents is 1. The number of benzene rings is 1. The summed E-state index contributed by atoms with van der Waals surface area (Å²) in [7, 11) is 0. The average Bonchev–Trinajstić information content (AvgIpc) is 3.28. The van der Waals surface area contributed by atoms with E-state index < -0.39 is 31.0 Å². The number of aromatic nitrogens is 3. The number of H-pyrrole nitrogens is 1. The second-order valence-electron chi connectivity index (χ2n) is 4.82. The van der Waals surface area contributed by atoms with Crippen LogP contribution in [0.4, 0.5) is 0 Å². The molecule has 1 aromatic heterocycles. The molecule has 0 saturated heterocycles. The van der Waals surface area contributed by atoms with Crippen molar-refractivity contribution in [2.45, 2.75) is 24.4 Å². The Hall–Kier alpha value is -2.90. The van der Waals surface area contributed by atoms with Gasteiger partial charge in [0.15, 0.2) is 6.29 Å². The van der Waals surface area contributed by atoms with Crippen molar-refractivity contribution in [2.24, 2.45) is 5.16 Å². The van der Waals surface area contributed by atoms with Crippen LogP contribution in [0.15, 0.2) is 41.8 Å². The predicted molar refractivity (Wildman–Crippen MR) is 91.0 cm³/mol. The van der Waals surface area contributed by atoms with Crippen molar-refractivity contribution in [2.75, 3.05) is 6.61 Å². The van der Waals surface area contributed by atoms with Crippen LogP contribution in [-0.2, 0) is 4.79 Å². The van der Waals surface area contributed by atoms with Gasteiger partial charge in [-0.15, -0.1) is 5.10 Å². The third-order valence-electron chi connectivity index (χ3n) is 2.89. The smallest absolute Gasteiger partial charge is 0.151 e. The molecule has 27 heavy (non-hydrogen) atoms. The molecule has 4 atom stereocenters. The SMILES string of the molecule is O=CC(O)C(O)C(O)C(O)CO.ON=Cc1ccccc1O.c1c[nH]nn1. The van der Waals surface area contributed by atoms with Crippen molar-refractivity contribution in [3.63, 3.8) is 0 Å². The number of carbonyl (C=O) groups excluding carboxylic acids is 1. The fraction of sp³-hybridized carbons (Fsp3) is 0.333. The Morgan fingerprint density at radius 3 is 2.22 bits per heavy atom. The van der Waals surface area contributed by atoms with Gasteiger partial charge in [0.05, 0.1) is 19.0 Å². The molecule has 12 heteroatoms. The molecule has 0 fully saturated rings. The van der Waals surface area contributed by atoms with Crippen molar-refractivity contribution >= 4 is 12.5 Å². The molecular weight excluding hydrogens is 364 g/mol. The number of aromatic amines is 1. The summed E-state index contributed by atoms with van der Waals surface area (Å²) in [5.74, 6) is 0.111. The third kappa shape index (κ3) is 9.98. The number of aliphatic hydroxyl groups excluding tert-OH is 5. The summed E-state index contributed by atoms with van der Waals surface area (Å²) >= 11 is 0. The number of hydrogen-bond donors (Lipinski definition) is 8. The molecule has 0 spiro atoms. The summed E-state index contributed by atoms with van der Waals surface area (Å²) in [6.07, 6.45) is -2.43. The Bertz CT molecular complexity index is 623. The lowest BCUT2D eigenvalue weighted by Gasteiger charge is -2.22. The zero-order chi connectivity index (χ0) is 20.7. The van der Waals surface area contributed by atoms with Crippen LogP contribution in [0.2, 0.25) is 0 Å². The summed E-state index contributed by atoms with van der Waals surface area (Å²) in [5, 5.41) is 72.7. The molecule has 1 heterocycles. The lowest BCUT2D eigenvalue weighted by atomic mass is 10.0. The number of aliphatic hydroxyl groups is 5. The maximum atomic E-state index is 9.90. The topological polar surface area (TPSA) is 213 Å². The highest BCUT2D eigenvalue weighted by molar-refractivity contribution is 5.82. The number of carbonyl (C=O) groups is 1. The van der Waals surface area contributed by atoms with E-state index in [4.69, 9.17) is 35.8 Å². The van der Waals surface area contributed by atoms with Gasteiger partial charge in [-0.2, -0.15) is 0 Å². The van der Waals surface area contributed by atoms with Crippen LogP contribution < -0.4 is 0 Å². The zero-order valence-electron chi connectivity index (χ0n) is 14.0. The number of nitrogens with one attached hydrogen (secondary N) is 1. The third-order valence-corrected chi connectivity index (χ3v) is 2.89. The van der Waals surface area contributed by atoms with Crippen LogP contribution in [0.3, 0.4) is 0 Å². The van der Waals surface area contributed by atoms with E-state index in [1.807, 2.05) is 0 Å². The van der Waals surface area contributed by atoms with Crippen LogP contribution in [0.1, 0.15) is 5.56 Å². The van der Waals surface area contributed by atoms with E-state index >= 15 is 0 Å². The molecule has 4 unspecified atom stereocenters. The normalized spacial score (nSPS) is 14.7. The average molecular weight is 386 g/mol. The molecule has 12 nitrogen and oxygen atoms in total. The maximum absolute atomic E-state index is 9.90. The van der Waals surface area contributed by atoms with E-state index in [0.29, 0.717) is 5.56 Å². The van der Waals surface area contributed by atoms with Gasteiger partial charge in [-0.1, -0.05) is 22.5 Å². The van der Waals surface area contributed by atoms with Gasteiger partial charge in [0.1, 0.15) is 30.2 Å². The fourth-order valence-electron chi connectivity index (χ4n) is 1.44. The van der Waals surface area contributed by atoms with E-state index in [-0.39, 0.29) is 12.0 Å². The molecular formula is C15H22N4O8.